The molecule has 0 aliphatic rings. The summed E-state index contributed by atoms with van der Waals surface area (Å²) in [6, 6.07) is 12.7. The first kappa shape index (κ1) is 19.6. The van der Waals surface area contributed by atoms with Crippen molar-refractivity contribution in [3.63, 3.8) is 0 Å². The van der Waals surface area contributed by atoms with Crippen LogP contribution in [-0.2, 0) is 21.6 Å². The van der Waals surface area contributed by atoms with Crippen molar-refractivity contribution in [3.05, 3.63) is 75.8 Å². The number of ether oxygens (including phenoxy) is 2. The van der Waals surface area contributed by atoms with Crippen LogP contribution in [0.3, 0.4) is 0 Å². The lowest BCUT2D eigenvalue weighted by atomic mass is 9.86. The van der Waals surface area contributed by atoms with Crippen molar-refractivity contribution in [2.75, 3.05) is 6.61 Å². The molecule has 0 unspecified atom stereocenters. The maximum atomic E-state index is 12.2. The van der Waals surface area contributed by atoms with Crippen molar-refractivity contribution in [1.29, 1.82) is 0 Å². The van der Waals surface area contributed by atoms with E-state index in [1.165, 1.54) is 10.5 Å². The van der Waals surface area contributed by atoms with E-state index in [2.05, 4.69) is 25.8 Å². The molecular weight excluding hydrogens is 356 g/mol. The van der Waals surface area contributed by atoms with Gasteiger partial charge in [0.1, 0.15) is 18.0 Å². The summed E-state index contributed by atoms with van der Waals surface area (Å²) < 4.78 is 12.4. The topological polar surface area (TPSA) is 69.9 Å². The molecule has 3 aromatic rings. The molecule has 3 rings (SSSR count). The Kier molecular flexibility index (Phi) is 5.49. The van der Waals surface area contributed by atoms with E-state index in [-0.39, 0.29) is 24.2 Å². The number of nitrogens with zero attached hydrogens (tertiary/aromatic N) is 2. The van der Waals surface area contributed by atoms with Gasteiger partial charge in [-0.25, -0.2) is 9.78 Å². The van der Waals surface area contributed by atoms with Crippen LogP contribution in [0.2, 0.25) is 0 Å². The molecule has 6 heteroatoms. The van der Waals surface area contributed by atoms with Gasteiger partial charge in [-0.1, -0.05) is 45.0 Å². The molecular formula is C22H24N2O4. The maximum absolute atomic E-state index is 12.2. The zero-order valence-electron chi connectivity index (χ0n) is 16.6. The van der Waals surface area contributed by atoms with Crippen molar-refractivity contribution in [1.82, 2.24) is 9.38 Å². The van der Waals surface area contributed by atoms with Crippen LogP contribution in [0.4, 0.5) is 0 Å². The zero-order chi connectivity index (χ0) is 20.3. The average Bonchev–Trinajstić information content (AvgIpc) is 2.65. The molecule has 0 aliphatic carbocycles. The Morgan fingerprint density at radius 1 is 1.14 bits per heavy atom. The van der Waals surface area contributed by atoms with Gasteiger partial charge >= 0.3 is 5.97 Å². The molecule has 0 atom stereocenters. The van der Waals surface area contributed by atoms with Gasteiger partial charge in [-0.2, -0.15) is 0 Å². The van der Waals surface area contributed by atoms with E-state index in [1.54, 1.807) is 12.3 Å². The molecule has 0 amide bonds. The van der Waals surface area contributed by atoms with Crippen LogP contribution in [0.1, 0.15) is 37.6 Å². The fraction of sp³-hybridized carbons (Fsp3) is 0.318. The molecule has 2 aromatic heterocycles. The van der Waals surface area contributed by atoms with Gasteiger partial charge in [0.2, 0.25) is 0 Å². The second-order valence-corrected chi connectivity index (χ2v) is 7.67. The molecule has 28 heavy (non-hydrogen) atoms. The molecule has 1 aromatic carbocycles. The molecule has 2 heterocycles. The summed E-state index contributed by atoms with van der Waals surface area (Å²) >= 11 is 0. The smallest absolute Gasteiger partial charge is 0.344 e. The second kappa shape index (κ2) is 7.84. The number of rotatable bonds is 5. The molecule has 146 valence electrons. The lowest BCUT2D eigenvalue weighted by Gasteiger charge is -2.22. The molecule has 0 saturated heterocycles. The zero-order valence-corrected chi connectivity index (χ0v) is 16.6. The lowest BCUT2D eigenvalue weighted by molar-refractivity contribution is -0.147. The first-order valence-corrected chi connectivity index (χ1v) is 9.11. The molecule has 0 spiro atoms. The standard InChI is InChI=1S/C22H24N2O4/c1-15-8-7-11-24-19(25)12-16(23-21(15)24)13-28-20(26)14-27-18-10-6-5-9-17(18)22(2,3)4/h5-12H,13-14H2,1-4H3. The highest BCUT2D eigenvalue weighted by Crippen LogP contribution is 2.30. The van der Waals surface area contributed by atoms with E-state index in [1.807, 2.05) is 37.3 Å². The summed E-state index contributed by atoms with van der Waals surface area (Å²) in [4.78, 5) is 28.7. The monoisotopic (exact) mass is 380 g/mol. The van der Waals surface area contributed by atoms with Gasteiger partial charge in [0.15, 0.2) is 6.61 Å². The number of para-hydroxylation sites is 1. The van der Waals surface area contributed by atoms with Crippen molar-refractivity contribution in [2.24, 2.45) is 0 Å². The Balaban J connectivity index is 1.65. The van der Waals surface area contributed by atoms with Gasteiger partial charge in [-0.05, 0) is 35.6 Å². The van der Waals surface area contributed by atoms with Crippen LogP contribution in [0.15, 0.2) is 53.5 Å². The number of hydrogen-bond donors (Lipinski definition) is 0. The molecule has 0 fully saturated rings. The Bertz CT molecular complexity index is 1060. The van der Waals surface area contributed by atoms with Gasteiger partial charge in [0.25, 0.3) is 5.56 Å². The van der Waals surface area contributed by atoms with Crippen molar-refractivity contribution < 1.29 is 14.3 Å². The van der Waals surface area contributed by atoms with Crippen LogP contribution in [0.5, 0.6) is 5.75 Å². The van der Waals surface area contributed by atoms with Crippen molar-refractivity contribution >= 4 is 11.6 Å². The summed E-state index contributed by atoms with van der Waals surface area (Å²) in [7, 11) is 0. The van der Waals surface area contributed by atoms with E-state index in [0.717, 1.165) is 11.1 Å². The van der Waals surface area contributed by atoms with E-state index in [4.69, 9.17) is 9.47 Å². The number of fused-ring (bicyclic) bond motifs is 1. The molecule has 6 nitrogen and oxygen atoms in total. The van der Waals surface area contributed by atoms with Crippen LogP contribution >= 0.6 is 0 Å². The number of benzene rings is 1. The van der Waals surface area contributed by atoms with Crippen LogP contribution < -0.4 is 10.3 Å². The molecule has 0 bridgehead atoms. The number of pyridine rings is 1. The minimum atomic E-state index is -0.518. The number of aryl methyl sites for hydroxylation is 1. The summed E-state index contributed by atoms with van der Waals surface area (Å²) in [6.07, 6.45) is 1.66. The second-order valence-electron chi connectivity index (χ2n) is 7.67. The molecule has 0 saturated carbocycles. The first-order chi connectivity index (χ1) is 13.3. The molecule has 0 radical (unpaired) electrons. The first-order valence-electron chi connectivity index (χ1n) is 9.11. The largest absolute Gasteiger partial charge is 0.482 e. The molecule has 0 aliphatic heterocycles. The fourth-order valence-electron chi connectivity index (χ4n) is 2.93. The van der Waals surface area contributed by atoms with Gasteiger partial charge in [0, 0.05) is 12.3 Å². The van der Waals surface area contributed by atoms with Gasteiger partial charge in [-0.15, -0.1) is 0 Å². The van der Waals surface area contributed by atoms with Crippen LogP contribution in [-0.4, -0.2) is 22.0 Å². The summed E-state index contributed by atoms with van der Waals surface area (Å²) in [5.74, 6) is 0.139. The fourth-order valence-corrected chi connectivity index (χ4v) is 2.93. The summed E-state index contributed by atoms with van der Waals surface area (Å²) in [5.41, 5.74) is 2.53. The average molecular weight is 380 g/mol. The van der Waals surface area contributed by atoms with Gasteiger partial charge in [-0.3, -0.25) is 9.20 Å². The SMILES string of the molecule is Cc1cccn2c(=O)cc(COC(=O)COc3ccccc3C(C)(C)C)nc12. The number of carbonyl (C=O) groups is 1. The molecule has 0 N–H and O–H groups in total. The van der Waals surface area contributed by atoms with Gasteiger partial charge < -0.3 is 9.47 Å². The van der Waals surface area contributed by atoms with E-state index < -0.39 is 5.97 Å². The van der Waals surface area contributed by atoms with Gasteiger partial charge in [0.05, 0.1) is 5.69 Å². The predicted molar refractivity (Wildman–Crippen MR) is 107 cm³/mol. The highest BCUT2D eigenvalue weighted by molar-refractivity contribution is 5.71. The minimum absolute atomic E-state index is 0.0802. The quantitative estimate of drug-likeness (QED) is 0.635. The maximum Gasteiger partial charge on any atom is 0.344 e. The highest BCUT2D eigenvalue weighted by Gasteiger charge is 2.19. The van der Waals surface area contributed by atoms with E-state index >= 15 is 0 Å². The number of esters is 1. The predicted octanol–water partition coefficient (Wildman–Crippen LogP) is 3.42. The number of carbonyl (C=O) groups excluding carboxylic acids is 1. The highest BCUT2D eigenvalue weighted by atomic mass is 16.6. The Labute approximate surface area is 163 Å². The Hall–Kier alpha value is -3.15. The lowest BCUT2D eigenvalue weighted by Crippen LogP contribution is -2.20. The normalized spacial score (nSPS) is 11.4. The summed E-state index contributed by atoms with van der Waals surface area (Å²) in [6.45, 7) is 7.83. The minimum Gasteiger partial charge on any atom is -0.482 e. The third kappa shape index (κ3) is 4.39. The van der Waals surface area contributed by atoms with E-state index in [9.17, 15) is 9.59 Å². The Morgan fingerprint density at radius 3 is 2.64 bits per heavy atom. The van der Waals surface area contributed by atoms with Crippen molar-refractivity contribution in [2.45, 2.75) is 39.7 Å². The van der Waals surface area contributed by atoms with Crippen molar-refractivity contribution in [3.8, 4) is 5.75 Å². The van der Waals surface area contributed by atoms with Crippen LogP contribution in [0.25, 0.3) is 5.65 Å². The van der Waals surface area contributed by atoms with E-state index in [0.29, 0.717) is 17.1 Å². The third-order valence-electron chi connectivity index (χ3n) is 4.36. The number of hydrogen-bond acceptors (Lipinski definition) is 5. The third-order valence-corrected chi connectivity index (χ3v) is 4.36. The number of aromatic nitrogens is 2. The van der Waals surface area contributed by atoms with Crippen LogP contribution in [0, 0.1) is 6.92 Å². The summed E-state index contributed by atoms with van der Waals surface area (Å²) in [5, 5.41) is 0. The Morgan fingerprint density at radius 2 is 1.89 bits per heavy atom.